The summed E-state index contributed by atoms with van der Waals surface area (Å²) < 4.78 is 5.29. The number of hydrogen-bond donors (Lipinski definition) is 2. The predicted molar refractivity (Wildman–Crippen MR) is 70.4 cm³/mol. The number of ether oxygens (including phenoxy) is 1. The van der Waals surface area contributed by atoms with Crippen LogP contribution in [-0.2, 0) is 9.53 Å². The van der Waals surface area contributed by atoms with Gasteiger partial charge >= 0.3 is 0 Å². The van der Waals surface area contributed by atoms with Gasteiger partial charge in [0.05, 0.1) is 12.5 Å². The maximum atomic E-state index is 12.0. The number of rotatable bonds is 2. The molecule has 2 heterocycles. The lowest BCUT2D eigenvalue weighted by Crippen LogP contribution is -2.30. The summed E-state index contributed by atoms with van der Waals surface area (Å²) in [5.41, 5.74) is 0.708. The molecule has 19 heavy (non-hydrogen) atoms. The molecule has 0 bridgehead atoms. The Bertz CT molecular complexity index is 499. The van der Waals surface area contributed by atoms with Crippen LogP contribution in [0.2, 0.25) is 0 Å². The van der Waals surface area contributed by atoms with Gasteiger partial charge in [-0.05, 0) is 25.0 Å². The Hall–Kier alpha value is -1.90. The molecule has 1 aliphatic rings. The molecule has 0 spiro atoms. The summed E-state index contributed by atoms with van der Waals surface area (Å²) in [6, 6.07) is 3.41. The molecule has 1 aromatic rings. The second-order valence-electron chi connectivity index (χ2n) is 4.29. The van der Waals surface area contributed by atoms with Crippen LogP contribution in [0.15, 0.2) is 18.3 Å². The normalized spacial score (nSPS) is 18.3. The lowest BCUT2D eigenvalue weighted by Gasteiger charge is -2.20. The standard InChI is InChI=1S/C14H16N2O3/c17-7-1-3-11-5-6-15-13(9-11)16-14(18)12-4-2-8-19-10-12/h5-6,9,12,17H,2,4,7-8,10H2,(H,15,16,18). The molecule has 1 amide bonds. The Morgan fingerprint density at radius 2 is 2.53 bits per heavy atom. The summed E-state index contributed by atoms with van der Waals surface area (Å²) in [6.07, 6.45) is 3.33. The third-order valence-electron chi connectivity index (χ3n) is 2.85. The van der Waals surface area contributed by atoms with Crippen LogP contribution in [0.25, 0.3) is 0 Å². The van der Waals surface area contributed by atoms with Crippen LogP contribution in [0.5, 0.6) is 0 Å². The first kappa shape index (κ1) is 13.5. The van der Waals surface area contributed by atoms with Crippen molar-refractivity contribution >= 4 is 11.7 Å². The lowest BCUT2D eigenvalue weighted by molar-refractivity contribution is -0.123. The minimum atomic E-state index is -0.191. The molecule has 5 heteroatoms. The molecule has 0 saturated carbocycles. The average Bonchev–Trinajstić information content (AvgIpc) is 2.46. The van der Waals surface area contributed by atoms with Crippen LogP contribution in [0, 0.1) is 17.8 Å². The molecule has 100 valence electrons. The zero-order valence-corrected chi connectivity index (χ0v) is 10.6. The van der Waals surface area contributed by atoms with Crippen molar-refractivity contribution in [1.29, 1.82) is 0 Å². The number of pyridine rings is 1. The number of aromatic nitrogens is 1. The van der Waals surface area contributed by atoms with E-state index >= 15 is 0 Å². The Labute approximate surface area is 112 Å². The van der Waals surface area contributed by atoms with E-state index in [1.54, 1.807) is 18.3 Å². The molecule has 1 aliphatic heterocycles. The van der Waals surface area contributed by atoms with Crippen molar-refractivity contribution in [3.05, 3.63) is 23.9 Å². The number of aliphatic hydroxyl groups is 1. The molecule has 5 nitrogen and oxygen atoms in total. The maximum Gasteiger partial charge on any atom is 0.230 e. The fourth-order valence-corrected chi connectivity index (χ4v) is 1.89. The second-order valence-corrected chi connectivity index (χ2v) is 4.29. The third-order valence-corrected chi connectivity index (χ3v) is 2.85. The van der Waals surface area contributed by atoms with Crippen molar-refractivity contribution in [2.45, 2.75) is 12.8 Å². The van der Waals surface area contributed by atoms with Crippen LogP contribution in [0.3, 0.4) is 0 Å². The fourth-order valence-electron chi connectivity index (χ4n) is 1.89. The van der Waals surface area contributed by atoms with E-state index in [9.17, 15) is 4.79 Å². The zero-order chi connectivity index (χ0) is 13.5. The molecule has 0 radical (unpaired) electrons. The SMILES string of the molecule is O=C(Nc1cc(C#CCO)ccn1)C1CCCOC1. The molecule has 1 aromatic heterocycles. The van der Waals surface area contributed by atoms with Crippen LogP contribution in [0.4, 0.5) is 5.82 Å². The minimum Gasteiger partial charge on any atom is -0.384 e. The molecule has 1 atom stereocenters. The van der Waals surface area contributed by atoms with Crippen molar-refractivity contribution in [2.75, 3.05) is 25.1 Å². The number of aliphatic hydroxyl groups excluding tert-OH is 1. The van der Waals surface area contributed by atoms with E-state index in [1.165, 1.54) is 0 Å². The van der Waals surface area contributed by atoms with Gasteiger partial charge in [-0.1, -0.05) is 11.8 Å². The Balaban J connectivity index is 1.99. The van der Waals surface area contributed by atoms with Crippen molar-refractivity contribution < 1.29 is 14.6 Å². The number of anilines is 1. The van der Waals surface area contributed by atoms with E-state index in [-0.39, 0.29) is 18.4 Å². The summed E-state index contributed by atoms with van der Waals surface area (Å²) in [6.45, 7) is 1.01. The van der Waals surface area contributed by atoms with Crippen LogP contribution in [-0.4, -0.2) is 35.8 Å². The van der Waals surface area contributed by atoms with Crippen LogP contribution < -0.4 is 5.32 Å². The zero-order valence-electron chi connectivity index (χ0n) is 10.6. The maximum absolute atomic E-state index is 12.0. The van der Waals surface area contributed by atoms with E-state index in [1.807, 2.05) is 0 Å². The van der Waals surface area contributed by atoms with E-state index in [2.05, 4.69) is 22.1 Å². The first-order valence-electron chi connectivity index (χ1n) is 6.24. The summed E-state index contributed by atoms with van der Waals surface area (Å²) in [5.74, 6) is 5.62. The van der Waals surface area contributed by atoms with Gasteiger partial charge in [0.25, 0.3) is 0 Å². The molecule has 1 unspecified atom stereocenters. The van der Waals surface area contributed by atoms with Gasteiger partial charge in [0.1, 0.15) is 12.4 Å². The summed E-state index contributed by atoms with van der Waals surface area (Å²) in [4.78, 5) is 16.1. The first-order valence-corrected chi connectivity index (χ1v) is 6.24. The smallest absolute Gasteiger partial charge is 0.230 e. The van der Waals surface area contributed by atoms with E-state index in [0.29, 0.717) is 18.0 Å². The number of carbonyl (C=O) groups excluding carboxylic acids is 1. The van der Waals surface area contributed by atoms with Crippen molar-refractivity contribution in [3.63, 3.8) is 0 Å². The number of nitrogens with zero attached hydrogens (tertiary/aromatic N) is 1. The van der Waals surface area contributed by atoms with Gasteiger partial charge in [-0.3, -0.25) is 4.79 Å². The molecule has 0 aliphatic carbocycles. The highest BCUT2D eigenvalue weighted by molar-refractivity contribution is 5.91. The summed E-state index contributed by atoms with van der Waals surface area (Å²) in [5, 5.41) is 11.4. The van der Waals surface area contributed by atoms with Crippen molar-refractivity contribution in [2.24, 2.45) is 5.92 Å². The van der Waals surface area contributed by atoms with Gasteiger partial charge in [-0.15, -0.1) is 0 Å². The van der Waals surface area contributed by atoms with E-state index in [0.717, 1.165) is 19.4 Å². The van der Waals surface area contributed by atoms with Gasteiger partial charge in [0.15, 0.2) is 0 Å². The molecular formula is C14H16N2O3. The summed E-state index contributed by atoms with van der Waals surface area (Å²) in [7, 11) is 0. The fraction of sp³-hybridized carbons (Fsp3) is 0.429. The Kier molecular flexibility index (Phi) is 4.90. The number of hydrogen-bond acceptors (Lipinski definition) is 4. The number of nitrogens with one attached hydrogen (secondary N) is 1. The van der Waals surface area contributed by atoms with Crippen LogP contribution in [0.1, 0.15) is 18.4 Å². The molecule has 2 rings (SSSR count). The third kappa shape index (κ3) is 4.05. The van der Waals surface area contributed by atoms with Crippen LogP contribution >= 0.6 is 0 Å². The minimum absolute atomic E-state index is 0.0699. The topological polar surface area (TPSA) is 71.5 Å². The van der Waals surface area contributed by atoms with Gasteiger partial charge in [0.2, 0.25) is 5.91 Å². The molecule has 1 saturated heterocycles. The molecular weight excluding hydrogens is 244 g/mol. The van der Waals surface area contributed by atoms with Crippen molar-refractivity contribution in [1.82, 2.24) is 4.98 Å². The van der Waals surface area contributed by atoms with Gasteiger partial charge in [0, 0.05) is 18.4 Å². The molecule has 2 N–H and O–H groups in total. The Morgan fingerprint density at radius 3 is 3.26 bits per heavy atom. The first-order chi connectivity index (χ1) is 9.29. The largest absolute Gasteiger partial charge is 0.384 e. The monoisotopic (exact) mass is 260 g/mol. The highest BCUT2D eigenvalue weighted by Crippen LogP contribution is 2.16. The quantitative estimate of drug-likeness (QED) is 0.771. The van der Waals surface area contributed by atoms with E-state index < -0.39 is 0 Å². The number of carbonyl (C=O) groups is 1. The van der Waals surface area contributed by atoms with Gasteiger partial charge in [-0.25, -0.2) is 4.98 Å². The number of amides is 1. The second kappa shape index (κ2) is 6.88. The predicted octanol–water partition coefficient (Wildman–Crippen LogP) is 0.790. The average molecular weight is 260 g/mol. The molecule has 0 aromatic carbocycles. The summed E-state index contributed by atoms with van der Waals surface area (Å²) >= 11 is 0. The van der Waals surface area contributed by atoms with Gasteiger partial charge in [-0.2, -0.15) is 0 Å². The highest BCUT2D eigenvalue weighted by atomic mass is 16.5. The van der Waals surface area contributed by atoms with E-state index in [4.69, 9.17) is 9.84 Å². The van der Waals surface area contributed by atoms with Crippen molar-refractivity contribution in [3.8, 4) is 11.8 Å². The Morgan fingerprint density at radius 1 is 1.63 bits per heavy atom. The molecule has 1 fully saturated rings. The van der Waals surface area contributed by atoms with Gasteiger partial charge < -0.3 is 15.2 Å². The highest BCUT2D eigenvalue weighted by Gasteiger charge is 2.21. The lowest BCUT2D eigenvalue weighted by atomic mass is 10.0.